The highest BCUT2D eigenvalue weighted by Gasteiger charge is 2.26. The van der Waals surface area contributed by atoms with Gasteiger partial charge in [-0.3, -0.25) is 4.99 Å². The number of rotatable bonds is 2. The molecule has 1 aliphatic rings. The Morgan fingerprint density at radius 3 is 2.83 bits per heavy atom. The molecule has 0 aromatic heterocycles. The quantitative estimate of drug-likeness (QED) is 0.659. The molecule has 0 unspecified atom stereocenters. The third kappa shape index (κ3) is 1.74. The van der Waals surface area contributed by atoms with Crippen LogP contribution in [-0.4, -0.2) is 43.0 Å². The predicted molar refractivity (Wildman–Crippen MR) is 52.0 cm³/mol. The third-order valence-corrected chi connectivity index (χ3v) is 4.23. The molecule has 1 heterocycles. The monoisotopic (exact) mass is 208 g/mol. The van der Waals surface area contributed by atoms with E-state index in [1.165, 1.54) is 16.1 Å². The molecule has 0 fully saturated rings. The summed E-state index contributed by atoms with van der Waals surface area (Å²) >= 11 is 1.38. The summed E-state index contributed by atoms with van der Waals surface area (Å²) in [6.07, 6.45) is 1.84. The molecule has 0 aromatic rings. The molecule has 0 aliphatic carbocycles. The zero-order valence-electron chi connectivity index (χ0n) is 7.15. The van der Waals surface area contributed by atoms with E-state index in [1.807, 2.05) is 6.26 Å². The molecule has 0 radical (unpaired) electrons. The smallest absolute Gasteiger partial charge is 0.236 e. The van der Waals surface area contributed by atoms with Crippen molar-refractivity contribution in [3.63, 3.8) is 0 Å². The molecule has 0 saturated carbocycles. The lowest BCUT2D eigenvalue weighted by Gasteiger charge is -2.17. The van der Waals surface area contributed by atoms with Crippen LogP contribution in [0.2, 0.25) is 0 Å². The summed E-state index contributed by atoms with van der Waals surface area (Å²) in [5.41, 5.74) is 0. The lowest BCUT2D eigenvalue weighted by atomic mass is 10.7. The minimum atomic E-state index is -3.08. The summed E-state index contributed by atoms with van der Waals surface area (Å²) in [4.78, 5) is 4.08. The summed E-state index contributed by atoms with van der Waals surface area (Å²) in [6.45, 7) is 2.74. The SMILES string of the molecule is CCS(=O)(=O)N1CCN=C1SC. The summed E-state index contributed by atoms with van der Waals surface area (Å²) in [5, 5.41) is 0.622. The fourth-order valence-electron chi connectivity index (χ4n) is 0.991. The van der Waals surface area contributed by atoms with Crippen molar-refractivity contribution >= 4 is 27.0 Å². The van der Waals surface area contributed by atoms with Crippen LogP contribution in [0.15, 0.2) is 4.99 Å². The molecule has 0 aromatic carbocycles. The molecule has 4 nitrogen and oxygen atoms in total. The van der Waals surface area contributed by atoms with Crippen molar-refractivity contribution in [2.45, 2.75) is 6.92 Å². The molecule has 6 heteroatoms. The van der Waals surface area contributed by atoms with Crippen molar-refractivity contribution < 1.29 is 8.42 Å². The molecule has 0 bridgehead atoms. The molecular formula is C6H12N2O2S2. The van der Waals surface area contributed by atoms with E-state index in [9.17, 15) is 8.42 Å². The molecule has 70 valence electrons. The fraction of sp³-hybridized carbons (Fsp3) is 0.833. The lowest BCUT2D eigenvalue weighted by molar-refractivity contribution is 0.541. The normalized spacial score (nSPS) is 18.2. The molecule has 0 amide bonds. The molecular weight excluding hydrogens is 196 g/mol. The summed E-state index contributed by atoms with van der Waals surface area (Å²) in [7, 11) is -3.08. The second kappa shape index (κ2) is 3.66. The Morgan fingerprint density at radius 1 is 1.67 bits per heavy atom. The van der Waals surface area contributed by atoms with Crippen molar-refractivity contribution in [3.8, 4) is 0 Å². The van der Waals surface area contributed by atoms with E-state index >= 15 is 0 Å². The molecule has 12 heavy (non-hydrogen) atoms. The van der Waals surface area contributed by atoms with Gasteiger partial charge in [-0.05, 0) is 13.2 Å². The van der Waals surface area contributed by atoms with E-state index in [0.29, 0.717) is 18.3 Å². The summed E-state index contributed by atoms with van der Waals surface area (Å²) < 4.78 is 24.2. The minimum absolute atomic E-state index is 0.145. The Balaban J connectivity index is 2.85. The van der Waals surface area contributed by atoms with Crippen molar-refractivity contribution in [2.24, 2.45) is 4.99 Å². The van der Waals surface area contributed by atoms with Crippen LogP contribution in [0.1, 0.15) is 6.92 Å². The first-order valence-corrected chi connectivity index (χ1v) is 6.54. The second-order valence-electron chi connectivity index (χ2n) is 2.34. The Morgan fingerprint density at radius 2 is 2.33 bits per heavy atom. The summed E-state index contributed by atoms with van der Waals surface area (Å²) in [5.74, 6) is 0.145. The first kappa shape index (κ1) is 9.85. The molecule has 1 aliphatic heterocycles. The van der Waals surface area contributed by atoms with Crippen molar-refractivity contribution in [3.05, 3.63) is 0 Å². The van der Waals surface area contributed by atoms with E-state index < -0.39 is 10.0 Å². The standard InChI is InChI=1S/C6H12N2O2S2/c1-3-12(9,10)8-5-4-7-6(8)11-2/h3-5H2,1-2H3. The van der Waals surface area contributed by atoms with Gasteiger partial charge in [0.15, 0.2) is 5.17 Å². The zero-order valence-corrected chi connectivity index (χ0v) is 8.78. The molecule has 0 N–H and O–H groups in total. The van der Waals surface area contributed by atoms with E-state index in [2.05, 4.69) is 4.99 Å². The zero-order chi connectivity index (χ0) is 9.19. The average Bonchev–Trinajstić information content (AvgIpc) is 2.52. The Hall–Kier alpha value is -0.230. The highest BCUT2D eigenvalue weighted by Crippen LogP contribution is 2.15. The predicted octanol–water partition coefficient (Wildman–Crippen LogP) is 0.371. The van der Waals surface area contributed by atoms with Crippen LogP contribution in [0.25, 0.3) is 0 Å². The third-order valence-electron chi connectivity index (χ3n) is 1.65. The largest absolute Gasteiger partial charge is 0.260 e. The van der Waals surface area contributed by atoms with Gasteiger partial charge in [-0.15, -0.1) is 0 Å². The Bertz CT molecular complexity index is 284. The molecule has 0 spiro atoms. The molecule has 0 atom stereocenters. The number of hydrogen-bond donors (Lipinski definition) is 0. The van der Waals surface area contributed by atoms with E-state index in [0.717, 1.165) is 0 Å². The van der Waals surface area contributed by atoms with Crippen LogP contribution in [0.4, 0.5) is 0 Å². The van der Waals surface area contributed by atoms with Gasteiger partial charge in [-0.1, -0.05) is 11.8 Å². The van der Waals surface area contributed by atoms with Crippen LogP contribution in [0.3, 0.4) is 0 Å². The highest BCUT2D eigenvalue weighted by molar-refractivity contribution is 8.14. The Labute approximate surface area is 77.1 Å². The van der Waals surface area contributed by atoms with Gasteiger partial charge < -0.3 is 0 Å². The lowest BCUT2D eigenvalue weighted by Crippen LogP contribution is -2.33. The first-order valence-electron chi connectivity index (χ1n) is 3.70. The highest BCUT2D eigenvalue weighted by atomic mass is 32.2. The Kier molecular flexibility index (Phi) is 3.00. The van der Waals surface area contributed by atoms with Gasteiger partial charge >= 0.3 is 0 Å². The first-order chi connectivity index (χ1) is 5.61. The molecule has 1 rings (SSSR count). The van der Waals surface area contributed by atoms with Crippen LogP contribution < -0.4 is 0 Å². The number of hydrogen-bond acceptors (Lipinski definition) is 4. The van der Waals surface area contributed by atoms with Crippen molar-refractivity contribution in [1.82, 2.24) is 4.31 Å². The number of amidine groups is 1. The fourth-order valence-corrected chi connectivity index (χ4v) is 3.04. The van der Waals surface area contributed by atoms with E-state index in [1.54, 1.807) is 6.92 Å². The van der Waals surface area contributed by atoms with Crippen molar-refractivity contribution in [2.75, 3.05) is 25.1 Å². The van der Waals surface area contributed by atoms with Crippen LogP contribution in [-0.2, 0) is 10.0 Å². The van der Waals surface area contributed by atoms with E-state index in [4.69, 9.17) is 0 Å². The van der Waals surface area contributed by atoms with Gasteiger partial charge in [0.05, 0.1) is 18.8 Å². The van der Waals surface area contributed by atoms with Crippen LogP contribution >= 0.6 is 11.8 Å². The number of thioether (sulfide) groups is 1. The van der Waals surface area contributed by atoms with Gasteiger partial charge in [0.25, 0.3) is 0 Å². The average molecular weight is 208 g/mol. The van der Waals surface area contributed by atoms with Gasteiger partial charge in [-0.2, -0.15) is 0 Å². The van der Waals surface area contributed by atoms with Gasteiger partial charge in [0.1, 0.15) is 0 Å². The maximum atomic E-state index is 11.4. The number of sulfonamides is 1. The van der Waals surface area contributed by atoms with Gasteiger partial charge in [0.2, 0.25) is 10.0 Å². The number of aliphatic imine (C=N–C) groups is 1. The van der Waals surface area contributed by atoms with Crippen LogP contribution in [0.5, 0.6) is 0 Å². The number of nitrogens with zero attached hydrogens (tertiary/aromatic N) is 2. The van der Waals surface area contributed by atoms with Crippen LogP contribution in [0, 0.1) is 0 Å². The maximum absolute atomic E-state index is 11.4. The van der Waals surface area contributed by atoms with Gasteiger partial charge in [-0.25, -0.2) is 12.7 Å². The molecule has 0 saturated heterocycles. The second-order valence-corrected chi connectivity index (χ2v) is 5.30. The summed E-state index contributed by atoms with van der Waals surface area (Å²) in [6, 6.07) is 0. The maximum Gasteiger partial charge on any atom is 0.236 e. The van der Waals surface area contributed by atoms with Crippen molar-refractivity contribution in [1.29, 1.82) is 0 Å². The topological polar surface area (TPSA) is 49.7 Å². The minimum Gasteiger partial charge on any atom is -0.260 e. The van der Waals surface area contributed by atoms with E-state index in [-0.39, 0.29) is 5.75 Å². The van der Waals surface area contributed by atoms with Gasteiger partial charge in [0, 0.05) is 0 Å².